The summed E-state index contributed by atoms with van der Waals surface area (Å²) in [6.45, 7) is 6.37. The molecule has 4 heteroatoms. The van der Waals surface area contributed by atoms with Crippen LogP contribution in [0, 0.1) is 13.8 Å². The van der Waals surface area contributed by atoms with Gasteiger partial charge >= 0.3 is 0 Å². The van der Waals surface area contributed by atoms with Crippen LogP contribution < -0.4 is 5.32 Å². The van der Waals surface area contributed by atoms with Crippen molar-refractivity contribution in [1.82, 2.24) is 15.3 Å². The van der Waals surface area contributed by atoms with Crippen LogP contribution in [0.2, 0.25) is 5.02 Å². The van der Waals surface area contributed by atoms with Gasteiger partial charge in [0.25, 0.3) is 0 Å². The Bertz CT molecular complexity index is 640. The Hall–Kier alpha value is -1.45. The first-order chi connectivity index (χ1) is 10.6. The fourth-order valence-electron chi connectivity index (χ4n) is 3.37. The summed E-state index contributed by atoms with van der Waals surface area (Å²) < 4.78 is 0. The molecule has 0 spiro atoms. The van der Waals surface area contributed by atoms with Gasteiger partial charge in [-0.15, -0.1) is 0 Å². The monoisotopic (exact) mass is 315 g/mol. The number of rotatable bonds is 3. The van der Waals surface area contributed by atoms with E-state index in [2.05, 4.69) is 19.2 Å². The zero-order chi connectivity index (χ0) is 15.5. The number of benzene rings is 1. The van der Waals surface area contributed by atoms with Gasteiger partial charge in [0.15, 0.2) is 0 Å². The summed E-state index contributed by atoms with van der Waals surface area (Å²) in [4.78, 5) is 9.50. The van der Waals surface area contributed by atoms with E-state index >= 15 is 0 Å². The van der Waals surface area contributed by atoms with E-state index in [9.17, 15) is 0 Å². The zero-order valence-corrected chi connectivity index (χ0v) is 14.0. The van der Waals surface area contributed by atoms with Gasteiger partial charge in [0, 0.05) is 29.4 Å². The molecule has 3 nitrogen and oxygen atoms in total. The maximum absolute atomic E-state index is 6.24. The van der Waals surface area contributed by atoms with E-state index < -0.39 is 0 Å². The molecule has 1 aromatic heterocycles. The second kappa shape index (κ2) is 6.76. The molecule has 3 rings (SSSR count). The van der Waals surface area contributed by atoms with Gasteiger partial charge < -0.3 is 5.32 Å². The van der Waals surface area contributed by atoms with Crippen LogP contribution in [0.1, 0.15) is 47.1 Å². The first kappa shape index (κ1) is 15.4. The van der Waals surface area contributed by atoms with Crippen molar-refractivity contribution in [2.45, 2.75) is 39.0 Å². The van der Waals surface area contributed by atoms with E-state index in [1.807, 2.05) is 24.3 Å². The molecule has 0 radical (unpaired) electrons. The lowest BCUT2D eigenvalue weighted by molar-refractivity contribution is 0.456. The Morgan fingerprint density at radius 2 is 1.91 bits per heavy atom. The molecule has 1 aliphatic heterocycles. The smallest absolute Gasteiger partial charge is 0.133 e. The quantitative estimate of drug-likeness (QED) is 0.936. The van der Waals surface area contributed by atoms with E-state index in [1.54, 1.807) is 0 Å². The molecule has 1 saturated heterocycles. The van der Waals surface area contributed by atoms with Crippen molar-refractivity contribution in [3.05, 3.63) is 57.6 Å². The second-order valence-electron chi connectivity index (χ2n) is 6.04. The second-order valence-corrected chi connectivity index (χ2v) is 6.44. The lowest BCUT2D eigenvalue weighted by Crippen LogP contribution is -2.29. The molecule has 1 fully saturated rings. The molecule has 1 unspecified atom stereocenters. The maximum atomic E-state index is 6.24. The number of hydrogen-bond donors (Lipinski definition) is 1. The van der Waals surface area contributed by atoms with Gasteiger partial charge in [-0.05, 0) is 56.3 Å². The van der Waals surface area contributed by atoms with Gasteiger partial charge in [-0.3, -0.25) is 0 Å². The van der Waals surface area contributed by atoms with Crippen LogP contribution in [0.25, 0.3) is 0 Å². The highest BCUT2D eigenvalue weighted by Crippen LogP contribution is 2.28. The molecule has 22 heavy (non-hydrogen) atoms. The Labute approximate surface area is 137 Å². The van der Waals surface area contributed by atoms with Crippen LogP contribution in [0.5, 0.6) is 0 Å². The number of hydrogen-bond acceptors (Lipinski definition) is 3. The predicted molar refractivity (Wildman–Crippen MR) is 90.6 cm³/mol. The number of piperidine rings is 1. The van der Waals surface area contributed by atoms with Crippen molar-refractivity contribution >= 4 is 11.6 Å². The van der Waals surface area contributed by atoms with Gasteiger partial charge in [0.1, 0.15) is 5.82 Å². The highest BCUT2D eigenvalue weighted by Gasteiger charge is 2.21. The summed E-state index contributed by atoms with van der Waals surface area (Å²) in [7, 11) is 0. The Kier molecular flexibility index (Phi) is 4.74. The molecule has 1 atom stereocenters. The van der Waals surface area contributed by atoms with Crippen LogP contribution in [0.3, 0.4) is 0 Å². The molecule has 1 N–H and O–H groups in total. The number of nitrogens with one attached hydrogen (secondary N) is 1. The summed E-state index contributed by atoms with van der Waals surface area (Å²) in [5.41, 5.74) is 4.64. The highest BCUT2D eigenvalue weighted by molar-refractivity contribution is 6.31. The minimum absolute atomic E-state index is 0.545. The number of nitrogens with zero attached hydrogens (tertiary/aromatic N) is 2. The fourth-order valence-corrected chi connectivity index (χ4v) is 3.58. The third-order valence-corrected chi connectivity index (χ3v) is 4.75. The number of aromatic nitrogens is 2. The molecule has 1 aromatic carbocycles. The first-order valence-corrected chi connectivity index (χ1v) is 8.31. The maximum Gasteiger partial charge on any atom is 0.133 e. The molecular formula is C18H22ClN3. The molecule has 0 aliphatic carbocycles. The summed E-state index contributed by atoms with van der Waals surface area (Å²) in [6.07, 6.45) is 3.14. The third kappa shape index (κ3) is 3.31. The molecule has 2 heterocycles. The Balaban J connectivity index is 1.87. The lowest BCUT2D eigenvalue weighted by atomic mass is 9.89. The van der Waals surface area contributed by atoms with E-state index in [0.29, 0.717) is 12.3 Å². The van der Waals surface area contributed by atoms with Crippen molar-refractivity contribution in [1.29, 1.82) is 0 Å². The van der Waals surface area contributed by atoms with Crippen molar-refractivity contribution < 1.29 is 0 Å². The van der Waals surface area contributed by atoms with Gasteiger partial charge in [-0.2, -0.15) is 0 Å². The van der Waals surface area contributed by atoms with Crippen LogP contribution >= 0.6 is 11.6 Å². The summed E-state index contributed by atoms with van der Waals surface area (Å²) >= 11 is 6.24. The van der Waals surface area contributed by atoms with E-state index in [-0.39, 0.29) is 0 Å². The lowest BCUT2D eigenvalue weighted by Gasteiger charge is -2.25. The topological polar surface area (TPSA) is 37.8 Å². The Morgan fingerprint density at radius 1 is 1.18 bits per heavy atom. The summed E-state index contributed by atoms with van der Waals surface area (Å²) in [5.74, 6) is 1.40. The average molecular weight is 316 g/mol. The van der Waals surface area contributed by atoms with Crippen LogP contribution in [0.15, 0.2) is 24.3 Å². The van der Waals surface area contributed by atoms with Gasteiger partial charge in [0.2, 0.25) is 0 Å². The van der Waals surface area contributed by atoms with E-state index in [4.69, 9.17) is 21.6 Å². The SMILES string of the molecule is Cc1nc(Cc2ccccc2Cl)nc(C)c1C1CCCNC1. The van der Waals surface area contributed by atoms with Crippen molar-refractivity contribution in [2.24, 2.45) is 0 Å². The first-order valence-electron chi connectivity index (χ1n) is 7.93. The van der Waals surface area contributed by atoms with Gasteiger partial charge in [0.05, 0.1) is 0 Å². The van der Waals surface area contributed by atoms with Crippen LogP contribution in [-0.2, 0) is 6.42 Å². The predicted octanol–water partition coefficient (Wildman–Crippen LogP) is 3.80. The number of halogens is 1. The minimum atomic E-state index is 0.545. The molecule has 2 aromatic rings. The van der Waals surface area contributed by atoms with Crippen molar-refractivity contribution in [3.63, 3.8) is 0 Å². The van der Waals surface area contributed by atoms with Crippen molar-refractivity contribution in [3.8, 4) is 0 Å². The molecule has 116 valence electrons. The average Bonchev–Trinajstić information content (AvgIpc) is 2.50. The largest absolute Gasteiger partial charge is 0.316 e. The third-order valence-electron chi connectivity index (χ3n) is 4.38. The molecule has 0 bridgehead atoms. The summed E-state index contributed by atoms with van der Waals surface area (Å²) in [6, 6.07) is 7.90. The van der Waals surface area contributed by atoms with Crippen LogP contribution in [0.4, 0.5) is 0 Å². The van der Waals surface area contributed by atoms with Gasteiger partial charge in [-0.25, -0.2) is 9.97 Å². The number of aryl methyl sites for hydroxylation is 2. The van der Waals surface area contributed by atoms with E-state index in [0.717, 1.165) is 40.9 Å². The minimum Gasteiger partial charge on any atom is -0.316 e. The molecular weight excluding hydrogens is 294 g/mol. The zero-order valence-electron chi connectivity index (χ0n) is 13.2. The summed E-state index contributed by atoms with van der Waals surface area (Å²) in [5, 5.41) is 4.26. The molecule has 0 saturated carbocycles. The highest BCUT2D eigenvalue weighted by atomic mass is 35.5. The Morgan fingerprint density at radius 3 is 2.55 bits per heavy atom. The van der Waals surface area contributed by atoms with Gasteiger partial charge in [-0.1, -0.05) is 29.8 Å². The van der Waals surface area contributed by atoms with E-state index in [1.165, 1.54) is 18.4 Å². The molecule has 1 aliphatic rings. The van der Waals surface area contributed by atoms with Crippen molar-refractivity contribution in [2.75, 3.05) is 13.1 Å². The molecule has 0 amide bonds. The van der Waals surface area contributed by atoms with Crippen LogP contribution in [-0.4, -0.2) is 23.1 Å². The standard InChI is InChI=1S/C18H22ClN3/c1-12-18(15-7-5-9-20-11-15)13(2)22-17(21-12)10-14-6-3-4-8-16(14)19/h3-4,6,8,15,20H,5,7,9-11H2,1-2H3. The fraction of sp³-hybridized carbons (Fsp3) is 0.444. The normalized spacial score (nSPS) is 18.4.